The summed E-state index contributed by atoms with van der Waals surface area (Å²) in [6, 6.07) is 12.4. The molecule has 0 spiro atoms. The third-order valence-electron chi connectivity index (χ3n) is 6.62. The molecule has 0 bridgehead atoms. The number of hydrogen-bond acceptors (Lipinski definition) is 4. The van der Waals surface area contributed by atoms with Gasteiger partial charge >= 0.3 is 0 Å². The van der Waals surface area contributed by atoms with E-state index >= 15 is 0 Å². The van der Waals surface area contributed by atoms with E-state index in [4.69, 9.17) is 4.74 Å². The Kier molecular flexibility index (Phi) is 6.78. The first-order valence-electron chi connectivity index (χ1n) is 11.5. The Morgan fingerprint density at radius 1 is 0.967 bits per heavy atom. The third kappa shape index (κ3) is 5.45. The monoisotopic (exact) mass is 409 g/mol. The minimum atomic E-state index is -0.00588. The van der Waals surface area contributed by atoms with Gasteiger partial charge in [-0.05, 0) is 48.6 Å². The molecule has 30 heavy (non-hydrogen) atoms. The molecule has 1 atom stereocenters. The van der Waals surface area contributed by atoms with Crippen LogP contribution < -0.4 is 15.4 Å². The second-order valence-electron chi connectivity index (χ2n) is 9.05. The highest BCUT2D eigenvalue weighted by Crippen LogP contribution is 2.28. The van der Waals surface area contributed by atoms with E-state index in [0.717, 1.165) is 62.7 Å². The molecule has 2 saturated heterocycles. The van der Waals surface area contributed by atoms with E-state index in [1.807, 2.05) is 0 Å². The van der Waals surface area contributed by atoms with Gasteiger partial charge in [-0.1, -0.05) is 38.1 Å². The van der Waals surface area contributed by atoms with Crippen molar-refractivity contribution in [1.29, 1.82) is 0 Å². The molecule has 2 fully saturated rings. The van der Waals surface area contributed by atoms with Crippen LogP contribution in [0.15, 0.2) is 41.2 Å². The van der Waals surface area contributed by atoms with E-state index < -0.39 is 0 Å². The maximum atomic E-state index is 12.1. The van der Waals surface area contributed by atoms with Crippen LogP contribution in [-0.4, -0.2) is 44.4 Å². The summed E-state index contributed by atoms with van der Waals surface area (Å²) in [5.74, 6) is 2.52. The van der Waals surface area contributed by atoms with Crippen LogP contribution in [0.4, 0.5) is 11.5 Å². The highest BCUT2D eigenvalue weighted by molar-refractivity contribution is 5.55. The largest absolute Gasteiger partial charge is 0.378 e. The number of aromatic nitrogens is 1. The highest BCUT2D eigenvalue weighted by Gasteiger charge is 2.21. The molecule has 1 aromatic carbocycles. The van der Waals surface area contributed by atoms with Crippen molar-refractivity contribution < 1.29 is 4.74 Å². The Hall–Kier alpha value is -2.27. The van der Waals surface area contributed by atoms with Crippen molar-refractivity contribution in [3.63, 3.8) is 0 Å². The summed E-state index contributed by atoms with van der Waals surface area (Å²) < 4.78 is 5.41. The SMILES string of the molecule is CC(C)[C@@H]1CCCN(c2cc(N3CCOCC3)cc(=O)[nH]2)CC1.c1ccc2c(c1)C2. The number of anilines is 2. The number of H-pyrrole nitrogens is 1. The molecular weight excluding hydrogens is 374 g/mol. The highest BCUT2D eigenvalue weighted by atomic mass is 16.5. The van der Waals surface area contributed by atoms with Crippen LogP contribution >= 0.6 is 0 Å². The molecule has 162 valence electrons. The van der Waals surface area contributed by atoms with E-state index in [1.54, 1.807) is 6.07 Å². The number of aromatic amines is 1. The predicted molar refractivity (Wildman–Crippen MR) is 124 cm³/mol. The van der Waals surface area contributed by atoms with Gasteiger partial charge in [0.25, 0.3) is 5.56 Å². The molecule has 2 aliphatic heterocycles. The van der Waals surface area contributed by atoms with Crippen molar-refractivity contribution in [2.75, 3.05) is 49.2 Å². The number of hydrogen-bond donors (Lipinski definition) is 1. The van der Waals surface area contributed by atoms with Crippen molar-refractivity contribution >= 4 is 11.5 Å². The van der Waals surface area contributed by atoms with Crippen LogP contribution in [-0.2, 0) is 11.2 Å². The van der Waals surface area contributed by atoms with Crippen LogP contribution in [0, 0.1) is 11.8 Å². The fraction of sp³-hybridized carbons (Fsp3) is 0.560. The number of pyridine rings is 1. The second-order valence-corrected chi connectivity index (χ2v) is 9.05. The number of benzene rings is 1. The first kappa shape index (κ1) is 21.0. The van der Waals surface area contributed by atoms with Crippen LogP contribution in [0.2, 0.25) is 0 Å². The van der Waals surface area contributed by atoms with Gasteiger partial charge in [0, 0.05) is 44.0 Å². The van der Waals surface area contributed by atoms with Gasteiger partial charge in [-0.3, -0.25) is 4.79 Å². The van der Waals surface area contributed by atoms with E-state index in [2.05, 4.69) is 59.0 Å². The molecule has 5 rings (SSSR count). The molecule has 5 nitrogen and oxygen atoms in total. The Morgan fingerprint density at radius 2 is 1.70 bits per heavy atom. The zero-order chi connectivity index (χ0) is 20.9. The normalized spacial score (nSPS) is 20.8. The quantitative estimate of drug-likeness (QED) is 0.709. The molecular formula is C25H35N3O2. The van der Waals surface area contributed by atoms with E-state index in [-0.39, 0.29) is 5.56 Å². The maximum Gasteiger partial charge on any atom is 0.251 e. The first-order chi connectivity index (χ1) is 14.6. The third-order valence-corrected chi connectivity index (χ3v) is 6.62. The average molecular weight is 410 g/mol. The number of fused-ring (bicyclic) bond motifs is 1. The lowest BCUT2D eigenvalue weighted by Gasteiger charge is -2.30. The zero-order valence-electron chi connectivity index (χ0n) is 18.4. The van der Waals surface area contributed by atoms with Gasteiger partial charge < -0.3 is 19.5 Å². The van der Waals surface area contributed by atoms with E-state index in [0.29, 0.717) is 0 Å². The predicted octanol–water partition coefficient (Wildman–Crippen LogP) is 4.06. The molecule has 3 aliphatic rings. The van der Waals surface area contributed by atoms with Crippen molar-refractivity contribution in [1.82, 2.24) is 4.98 Å². The Labute approximate surface area is 180 Å². The first-order valence-corrected chi connectivity index (χ1v) is 11.5. The van der Waals surface area contributed by atoms with Crippen LogP contribution in [0.5, 0.6) is 0 Å². The summed E-state index contributed by atoms with van der Waals surface area (Å²) in [5.41, 5.74) is 4.08. The van der Waals surface area contributed by atoms with Gasteiger partial charge in [0.05, 0.1) is 13.2 Å². The number of morpholine rings is 1. The lowest BCUT2D eigenvalue weighted by Crippen LogP contribution is -2.37. The number of nitrogens with one attached hydrogen (secondary N) is 1. The van der Waals surface area contributed by atoms with Crippen molar-refractivity contribution in [3.05, 3.63) is 57.9 Å². The Morgan fingerprint density at radius 3 is 2.37 bits per heavy atom. The fourth-order valence-corrected chi connectivity index (χ4v) is 4.55. The van der Waals surface area contributed by atoms with Crippen LogP contribution in [0.25, 0.3) is 0 Å². The molecule has 2 aromatic rings. The molecule has 1 aromatic heterocycles. The fourth-order valence-electron chi connectivity index (χ4n) is 4.55. The molecule has 3 heterocycles. The van der Waals surface area contributed by atoms with Gasteiger partial charge in [-0.15, -0.1) is 0 Å². The summed E-state index contributed by atoms with van der Waals surface area (Å²) in [7, 11) is 0. The van der Waals surface area contributed by atoms with Crippen molar-refractivity contribution in [2.45, 2.75) is 39.5 Å². The minimum Gasteiger partial charge on any atom is -0.378 e. The second kappa shape index (κ2) is 9.69. The number of rotatable bonds is 3. The minimum absolute atomic E-state index is 0.00588. The smallest absolute Gasteiger partial charge is 0.251 e. The van der Waals surface area contributed by atoms with Crippen LogP contribution in [0.1, 0.15) is 44.2 Å². The van der Waals surface area contributed by atoms with Gasteiger partial charge in [-0.2, -0.15) is 0 Å². The molecule has 0 radical (unpaired) electrons. The van der Waals surface area contributed by atoms with E-state index in [1.165, 1.54) is 36.8 Å². The van der Waals surface area contributed by atoms with Gasteiger partial charge in [-0.25, -0.2) is 0 Å². The Balaban J connectivity index is 0.000000259. The topological polar surface area (TPSA) is 48.6 Å². The van der Waals surface area contributed by atoms with Crippen molar-refractivity contribution in [2.24, 2.45) is 11.8 Å². The Bertz CT molecular complexity index is 865. The van der Waals surface area contributed by atoms with E-state index in [9.17, 15) is 4.79 Å². The molecule has 0 amide bonds. The molecule has 0 saturated carbocycles. The lowest BCUT2D eigenvalue weighted by atomic mass is 9.89. The summed E-state index contributed by atoms with van der Waals surface area (Å²) in [6.45, 7) is 9.90. The summed E-state index contributed by atoms with van der Waals surface area (Å²) in [4.78, 5) is 19.8. The molecule has 5 heteroatoms. The maximum absolute atomic E-state index is 12.1. The summed E-state index contributed by atoms with van der Waals surface area (Å²) in [6.07, 6.45) is 4.95. The van der Waals surface area contributed by atoms with Gasteiger partial charge in [0.15, 0.2) is 0 Å². The molecule has 0 unspecified atom stereocenters. The number of nitrogens with zero attached hydrogens (tertiary/aromatic N) is 2. The zero-order valence-corrected chi connectivity index (χ0v) is 18.4. The number of ether oxygens (including phenoxy) is 1. The van der Waals surface area contributed by atoms with Crippen LogP contribution in [0.3, 0.4) is 0 Å². The lowest BCUT2D eigenvalue weighted by molar-refractivity contribution is 0.122. The molecule has 1 N–H and O–H groups in total. The van der Waals surface area contributed by atoms with Gasteiger partial charge in [0.2, 0.25) is 0 Å². The summed E-state index contributed by atoms with van der Waals surface area (Å²) >= 11 is 0. The average Bonchev–Trinajstić information content (AvgIpc) is 3.57. The van der Waals surface area contributed by atoms with Crippen molar-refractivity contribution in [3.8, 4) is 0 Å². The van der Waals surface area contributed by atoms with Gasteiger partial charge in [0.1, 0.15) is 5.82 Å². The standard InChI is InChI=1S/C18H29N3O2.C7H6/c1-14(2)15-4-3-6-21(7-5-15)17-12-16(13-18(22)19-17)20-8-10-23-11-9-20;1-2-4-7-5-6(7)3-1/h12-15H,3-11H2,1-2H3,(H,19,22);1-4H,5H2/t15-;/m1./s1. The summed E-state index contributed by atoms with van der Waals surface area (Å²) in [5, 5.41) is 0. The molecule has 1 aliphatic carbocycles.